The second-order valence-electron chi connectivity index (χ2n) is 8.33. The molecule has 1 rings (SSSR count). The molecule has 4 nitrogen and oxygen atoms in total. The van der Waals surface area contributed by atoms with Gasteiger partial charge in [-0.2, -0.15) is 0 Å². The molecular weight excluding hydrogens is 370 g/mol. The number of unbranched alkanes of at least 4 members (excludes halogenated alkanes) is 12. The van der Waals surface area contributed by atoms with Gasteiger partial charge in [-0.1, -0.05) is 96.2 Å². The molecule has 0 aromatic rings. The zero-order valence-electron chi connectivity index (χ0n) is 17.7. The van der Waals surface area contributed by atoms with Gasteiger partial charge in [-0.15, -0.1) is 0 Å². The number of thiocarbonyl (C=S) groups is 1. The molecular formula is C23H39NO3S. The fourth-order valence-corrected chi connectivity index (χ4v) is 4.16. The van der Waals surface area contributed by atoms with Crippen molar-refractivity contribution in [1.82, 2.24) is 0 Å². The predicted molar refractivity (Wildman–Crippen MR) is 118 cm³/mol. The zero-order chi connectivity index (χ0) is 20.8. The van der Waals surface area contributed by atoms with E-state index in [1.165, 1.54) is 64.2 Å². The van der Waals surface area contributed by atoms with Crippen LogP contribution in [-0.4, -0.2) is 22.3 Å². The number of hydrogen-bond acceptors (Lipinski definition) is 4. The molecule has 0 saturated heterocycles. The third-order valence-electron chi connectivity index (χ3n) is 5.79. The number of Topliss-reactive ketones (excluding diaryl/α,β-unsaturated/α-hetero) is 3. The molecule has 0 heterocycles. The maximum Gasteiger partial charge on any atom is 0.151 e. The average molecular weight is 410 g/mol. The van der Waals surface area contributed by atoms with E-state index in [1.54, 1.807) is 0 Å². The lowest BCUT2D eigenvalue weighted by Crippen LogP contribution is -2.41. The molecule has 28 heavy (non-hydrogen) atoms. The highest BCUT2D eigenvalue weighted by Gasteiger charge is 2.40. The number of carbonyl (C=O) groups is 3. The van der Waals surface area contributed by atoms with Crippen LogP contribution in [0, 0.1) is 11.8 Å². The van der Waals surface area contributed by atoms with Crippen molar-refractivity contribution >= 4 is 34.6 Å². The minimum absolute atomic E-state index is 0.135. The largest absolute Gasteiger partial charge is 0.393 e. The molecule has 1 aliphatic carbocycles. The molecule has 0 radical (unpaired) electrons. The van der Waals surface area contributed by atoms with Gasteiger partial charge in [-0.05, 0) is 6.42 Å². The quantitative estimate of drug-likeness (QED) is 0.207. The molecule has 5 heteroatoms. The Morgan fingerprint density at radius 2 is 1.21 bits per heavy atom. The lowest BCUT2D eigenvalue weighted by molar-refractivity contribution is -0.142. The van der Waals surface area contributed by atoms with Gasteiger partial charge in [0.15, 0.2) is 17.3 Å². The lowest BCUT2D eigenvalue weighted by Gasteiger charge is -2.24. The summed E-state index contributed by atoms with van der Waals surface area (Å²) in [4.78, 5) is 36.8. The van der Waals surface area contributed by atoms with E-state index >= 15 is 0 Å². The molecule has 0 aliphatic heterocycles. The van der Waals surface area contributed by atoms with Crippen LogP contribution in [0.2, 0.25) is 0 Å². The van der Waals surface area contributed by atoms with Crippen molar-refractivity contribution < 1.29 is 14.4 Å². The molecule has 1 fully saturated rings. The lowest BCUT2D eigenvalue weighted by atomic mass is 9.77. The van der Waals surface area contributed by atoms with Crippen LogP contribution in [0.4, 0.5) is 0 Å². The molecule has 0 aromatic carbocycles. The first-order chi connectivity index (χ1) is 13.5. The first-order valence-electron chi connectivity index (χ1n) is 11.3. The minimum Gasteiger partial charge on any atom is -0.393 e. The summed E-state index contributed by atoms with van der Waals surface area (Å²) < 4.78 is 0. The summed E-state index contributed by atoms with van der Waals surface area (Å²) in [5.74, 6) is -2.22. The van der Waals surface area contributed by atoms with Crippen molar-refractivity contribution in [1.29, 1.82) is 0 Å². The van der Waals surface area contributed by atoms with Crippen molar-refractivity contribution in [3.63, 3.8) is 0 Å². The molecule has 1 aliphatic rings. The zero-order valence-corrected chi connectivity index (χ0v) is 18.5. The normalized spacial score (nSPS) is 19.8. The Morgan fingerprint density at radius 3 is 1.61 bits per heavy atom. The number of ketones is 3. The second-order valence-corrected chi connectivity index (χ2v) is 8.80. The van der Waals surface area contributed by atoms with E-state index in [-0.39, 0.29) is 41.1 Å². The van der Waals surface area contributed by atoms with Crippen LogP contribution < -0.4 is 5.73 Å². The summed E-state index contributed by atoms with van der Waals surface area (Å²) in [5, 5.41) is 0. The summed E-state index contributed by atoms with van der Waals surface area (Å²) in [5.41, 5.74) is 5.54. The topological polar surface area (TPSA) is 77.2 Å². The minimum atomic E-state index is -1.05. The van der Waals surface area contributed by atoms with E-state index in [0.29, 0.717) is 6.42 Å². The maximum absolute atomic E-state index is 12.3. The Morgan fingerprint density at radius 1 is 0.821 bits per heavy atom. The van der Waals surface area contributed by atoms with Crippen LogP contribution in [0.15, 0.2) is 0 Å². The molecule has 160 valence electrons. The number of hydrogen-bond donors (Lipinski definition) is 1. The summed E-state index contributed by atoms with van der Waals surface area (Å²) in [7, 11) is 0. The molecule has 0 spiro atoms. The fraction of sp³-hybridized carbons (Fsp3) is 0.826. The monoisotopic (exact) mass is 409 g/mol. The van der Waals surface area contributed by atoms with E-state index in [1.807, 2.05) is 0 Å². The third kappa shape index (κ3) is 9.90. The van der Waals surface area contributed by atoms with Crippen LogP contribution >= 0.6 is 12.2 Å². The summed E-state index contributed by atoms with van der Waals surface area (Å²) >= 11 is 4.88. The molecule has 0 unspecified atom stereocenters. The summed E-state index contributed by atoms with van der Waals surface area (Å²) in [6, 6.07) is 0. The number of rotatable bonds is 16. The van der Waals surface area contributed by atoms with Crippen LogP contribution in [0.3, 0.4) is 0 Å². The van der Waals surface area contributed by atoms with E-state index in [2.05, 4.69) is 6.92 Å². The predicted octanol–water partition coefficient (Wildman–Crippen LogP) is 5.49. The van der Waals surface area contributed by atoms with E-state index < -0.39 is 5.92 Å². The molecule has 0 atom stereocenters. The Labute approximate surface area is 176 Å². The van der Waals surface area contributed by atoms with Gasteiger partial charge in [0.2, 0.25) is 0 Å². The SMILES string of the molecule is CCCCCCCCCCCCCCCC(=O)C1C(=O)CC(C(N)=S)CC1=O. The van der Waals surface area contributed by atoms with Gasteiger partial charge in [0.05, 0.1) is 4.99 Å². The van der Waals surface area contributed by atoms with Gasteiger partial charge in [0.1, 0.15) is 5.92 Å². The Kier molecular flexibility index (Phi) is 13.2. The van der Waals surface area contributed by atoms with Crippen LogP contribution in [-0.2, 0) is 14.4 Å². The van der Waals surface area contributed by atoms with Crippen LogP contribution in [0.1, 0.15) is 110 Å². The van der Waals surface area contributed by atoms with Crippen molar-refractivity contribution in [2.24, 2.45) is 17.6 Å². The highest BCUT2D eigenvalue weighted by molar-refractivity contribution is 7.80. The van der Waals surface area contributed by atoms with Gasteiger partial charge in [-0.25, -0.2) is 0 Å². The molecule has 0 bridgehead atoms. The third-order valence-corrected chi connectivity index (χ3v) is 6.12. The van der Waals surface area contributed by atoms with Crippen LogP contribution in [0.25, 0.3) is 0 Å². The average Bonchev–Trinajstić information content (AvgIpc) is 2.64. The van der Waals surface area contributed by atoms with Gasteiger partial charge in [0.25, 0.3) is 0 Å². The van der Waals surface area contributed by atoms with E-state index in [0.717, 1.165) is 19.3 Å². The molecule has 0 amide bonds. The molecule has 1 saturated carbocycles. The number of carbonyl (C=O) groups excluding carboxylic acids is 3. The maximum atomic E-state index is 12.3. The van der Waals surface area contributed by atoms with Gasteiger partial charge >= 0.3 is 0 Å². The highest BCUT2D eigenvalue weighted by Crippen LogP contribution is 2.25. The first kappa shape index (κ1) is 24.9. The van der Waals surface area contributed by atoms with E-state index in [9.17, 15) is 14.4 Å². The Balaban J connectivity index is 2.03. The van der Waals surface area contributed by atoms with Crippen LogP contribution in [0.5, 0.6) is 0 Å². The first-order valence-corrected chi connectivity index (χ1v) is 11.8. The Bertz CT molecular complexity index is 500. The number of nitrogens with two attached hydrogens (primary N) is 1. The van der Waals surface area contributed by atoms with Gasteiger partial charge in [0, 0.05) is 25.2 Å². The standard InChI is InChI=1S/C23H39NO3S/c1-2-3-4-5-6-7-8-9-10-11-12-13-14-15-19(25)22-20(26)16-18(23(24)28)17-21(22)27/h18,22H,2-17H2,1H3,(H2,24,28). The summed E-state index contributed by atoms with van der Waals surface area (Å²) in [6.07, 6.45) is 16.8. The highest BCUT2D eigenvalue weighted by atomic mass is 32.1. The second kappa shape index (κ2) is 14.8. The smallest absolute Gasteiger partial charge is 0.151 e. The molecule has 2 N–H and O–H groups in total. The van der Waals surface area contributed by atoms with Crippen molar-refractivity contribution in [2.45, 2.75) is 110 Å². The van der Waals surface area contributed by atoms with Crippen molar-refractivity contribution in [3.05, 3.63) is 0 Å². The fourth-order valence-electron chi connectivity index (χ4n) is 3.99. The van der Waals surface area contributed by atoms with Crippen molar-refractivity contribution in [2.75, 3.05) is 0 Å². The van der Waals surface area contributed by atoms with Crippen molar-refractivity contribution in [3.8, 4) is 0 Å². The van der Waals surface area contributed by atoms with E-state index in [4.69, 9.17) is 18.0 Å². The van der Waals surface area contributed by atoms with Gasteiger partial charge in [-0.3, -0.25) is 14.4 Å². The molecule has 0 aromatic heterocycles. The van der Waals surface area contributed by atoms with Gasteiger partial charge < -0.3 is 5.73 Å². The summed E-state index contributed by atoms with van der Waals surface area (Å²) in [6.45, 7) is 2.25. The Hall–Kier alpha value is -1.10.